The predicted octanol–water partition coefficient (Wildman–Crippen LogP) is 3.76. The van der Waals surface area contributed by atoms with E-state index in [1.165, 1.54) is 11.3 Å². The number of nitriles is 1. The topological polar surface area (TPSA) is 186 Å². The van der Waals surface area contributed by atoms with Crippen molar-refractivity contribution in [2.24, 2.45) is 10.9 Å². The van der Waals surface area contributed by atoms with Gasteiger partial charge in [0.1, 0.15) is 34.3 Å². The van der Waals surface area contributed by atoms with E-state index in [9.17, 15) is 14.9 Å². The minimum atomic E-state index is -1.10. The summed E-state index contributed by atoms with van der Waals surface area (Å²) in [6, 6.07) is 4.18. The van der Waals surface area contributed by atoms with Crippen molar-refractivity contribution in [3.8, 4) is 12.1 Å². The molecule has 3 atom stereocenters. The fourth-order valence-electron chi connectivity index (χ4n) is 6.73. The molecule has 260 valence electrons. The molecule has 0 saturated carbocycles. The van der Waals surface area contributed by atoms with Gasteiger partial charge in [0.25, 0.3) is 0 Å². The van der Waals surface area contributed by atoms with Crippen LogP contribution in [-0.4, -0.2) is 95.2 Å². The lowest BCUT2D eigenvalue weighted by Gasteiger charge is -2.30. The molecule has 1 amide bonds. The lowest BCUT2D eigenvalue weighted by Crippen LogP contribution is -2.39. The van der Waals surface area contributed by atoms with Gasteiger partial charge in [-0.25, -0.2) is 9.59 Å². The molecule has 5 rings (SSSR count). The fourth-order valence-corrected chi connectivity index (χ4v) is 7.92. The van der Waals surface area contributed by atoms with Crippen molar-refractivity contribution in [2.45, 2.75) is 96.3 Å². The molecule has 0 radical (unpaired) electrons. The summed E-state index contributed by atoms with van der Waals surface area (Å²) in [6.07, 6.45) is 4.20. The van der Waals surface area contributed by atoms with E-state index in [1.54, 1.807) is 17.9 Å². The SMILES string of the molecule is C[C@H](Oc1nc(/C(N)=N/OC(=O)[C@@]2(C)CCCc3sc(N)c(C#N)c32)cc(N2CCCN(C(=O)OC(C)(C)C)CC2)n1)[C@@H]1CCCN1C. The molecule has 0 aromatic carbocycles. The first-order valence-electron chi connectivity index (χ1n) is 16.6. The van der Waals surface area contributed by atoms with Crippen LogP contribution in [0.2, 0.25) is 0 Å². The van der Waals surface area contributed by atoms with Crippen LogP contribution in [0.5, 0.6) is 6.01 Å². The van der Waals surface area contributed by atoms with Gasteiger partial charge in [0, 0.05) is 48.7 Å². The first-order chi connectivity index (χ1) is 22.7. The number of hydrogen-bond acceptors (Lipinski definition) is 13. The average Bonchev–Trinajstić information content (AvgIpc) is 3.50. The minimum Gasteiger partial charge on any atom is -0.459 e. The Balaban J connectivity index is 1.40. The Morgan fingerprint density at radius 2 is 1.94 bits per heavy atom. The maximum absolute atomic E-state index is 13.6. The zero-order chi connectivity index (χ0) is 34.8. The largest absolute Gasteiger partial charge is 0.459 e. The number of ether oxygens (including phenoxy) is 2. The normalized spacial score (nSPS) is 22.8. The zero-order valence-corrected chi connectivity index (χ0v) is 29.6. The zero-order valence-electron chi connectivity index (χ0n) is 28.7. The number of amides is 1. The highest BCUT2D eigenvalue weighted by molar-refractivity contribution is 7.16. The van der Waals surface area contributed by atoms with E-state index < -0.39 is 17.0 Å². The molecular formula is C33H47N9O5S. The lowest BCUT2D eigenvalue weighted by molar-refractivity contribution is -0.150. The van der Waals surface area contributed by atoms with Gasteiger partial charge in [0.15, 0.2) is 5.84 Å². The van der Waals surface area contributed by atoms with E-state index >= 15 is 0 Å². The Labute approximate surface area is 286 Å². The van der Waals surface area contributed by atoms with Crippen molar-refractivity contribution in [1.29, 1.82) is 5.26 Å². The molecule has 48 heavy (non-hydrogen) atoms. The van der Waals surface area contributed by atoms with E-state index in [4.69, 9.17) is 30.8 Å². The molecule has 0 unspecified atom stereocenters. The lowest BCUT2D eigenvalue weighted by atomic mass is 9.72. The van der Waals surface area contributed by atoms with E-state index in [-0.39, 0.29) is 35.8 Å². The monoisotopic (exact) mass is 681 g/mol. The third-order valence-electron chi connectivity index (χ3n) is 9.27. The smallest absolute Gasteiger partial charge is 0.410 e. The summed E-state index contributed by atoms with van der Waals surface area (Å²) in [4.78, 5) is 48.1. The highest BCUT2D eigenvalue weighted by Gasteiger charge is 2.45. The summed E-state index contributed by atoms with van der Waals surface area (Å²) in [6.45, 7) is 12.4. The van der Waals surface area contributed by atoms with Crippen molar-refractivity contribution >= 4 is 40.1 Å². The number of aryl methyl sites for hydroxylation is 1. The number of aromatic nitrogens is 2. The van der Waals surface area contributed by atoms with Gasteiger partial charge in [-0.05, 0) is 86.7 Å². The van der Waals surface area contributed by atoms with Crippen LogP contribution in [0.15, 0.2) is 11.2 Å². The van der Waals surface area contributed by atoms with Crippen LogP contribution in [0, 0.1) is 11.3 Å². The molecule has 0 bridgehead atoms. The number of fused-ring (bicyclic) bond motifs is 1. The first kappa shape index (κ1) is 35.2. The molecule has 15 heteroatoms. The number of likely N-dealkylation sites (tertiary alicyclic amines) is 1. The molecule has 2 aromatic rings. The number of oxime groups is 1. The molecule has 2 saturated heterocycles. The molecular weight excluding hydrogens is 634 g/mol. The molecule has 2 aliphatic heterocycles. The van der Waals surface area contributed by atoms with Gasteiger partial charge in [-0.1, -0.05) is 5.16 Å². The third kappa shape index (κ3) is 7.60. The van der Waals surface area contributed by atoms with Crippen molar-refractivity contribution < 1.29 is 23.9 Å². The van der Waals surface area contributed by atoms with E-state index in [0.717, 1.165) is 37.1 Å². The molecule has 1 aliphatic carbocycles. The fraction of sp³-hybridized carbons (Fsp3) is 0.636. The minimum absolute atomic E-state index is 0.127. The summed E-state index contributed by atoms with van der Waals surface area (Å²) >= 11 is 1.34. The predicted molar refractivity (Wildman–Crippen MR) is 183 cm³/mol. The molecule has 4 heterocycles. The Morgan fingerprint density at radius 1 is 1.17 bits per heavy atom. The second-order valence-corrected chi connectivity index (χ2v) is 15.1. The number of amidine groups is 1. The maximum Gasteiger partial charge on any atom is 0.410 e. The summed E-state index contributed by atoms with van der Waals surface area (Å²) < 4.78 is 11.9. The quantitative estimate of drug-likeness (QED) is 0.187. The number of nitrogen functional groups attached to an aromatic ring is 1. The second kappa shape index (κ2) is 14.1. The molecule has 14 nitrogen and oxygen atoms in total. The summed E-state index contributed by atoms with van der Waals surface area (Å²) in [5, 5.41) is 14.2. The maximum atomic E-state index is 13.6. The molecule has 0 spiro atoms. The number of carbonyl (C=O) groups is 2. The van der Waals surface area contributed by atoms with Gasteiger partial charge < -0.3 is 35.6 Å². The van der Waals surface area contributed by atoms with Crippen molar-refractivity contribution in [2.75, 3.05) is 50.4 Å². The van der Waals surface area contributed by atoms with Crippen molar-refractivity contribution in [3.05, 3.63) is 27.8 Å². The average molecular weight is 682 g/mol. The van der Waals surface area contributed by atoms with Crippen molar-refractivity contribution in [3.63, 3.8) is 0 Å². The van der Waals surface area contributed by atoms with Crippen LogP contribution < -0.4 is 21.1 Å². The number of likely N-dealkylation sites (N-methyl/N-ethyl adjacent to an activating group) is 1. The van der Waals surface area contributed by atoms with Gasteiger partial charge in [-0.15, -0.1) is 11.3 Å². The first-order valence-corrected chi connectivity index (χ1v) is 17.4. The summed E-state index contributed by atoms with van der Waals surface area (Å²) in [5.41, 5.74) is 12.0. The summed E-state index contributed by atoms with van der Waals surface area (Å²) in [7, 11) is 2.08. The number of carbonyl (C=O) groups excluding carboxylic acids is 2. The van der Waals surface area contributed by atoms with Crippen LogP contribution in [-0.2, 0) is 26.2 Å². The van der Waals surface area contributed by atoms with Gasteiger partial charge in [0.2, 0.25) is 0 Å². The second-order valence-electron chi connectivity index (χ2n) is 14.0. The Morgan fingerprint density at radius 3 is 2.62 bits per heavy atom. The van der Waals surface area contributed by atoms with Gasteiger partial charge in [-0.2, -0.15) is 15.2 Å². The molecule has 4 N–H and O–H groups in total. The molecule has 2 aromatic heterocycles. The van der Waals surface area contributed by atoms with Gasteiger partial charge in [-0.3, -0.25) is 4.90 Å². The Hall–Kier alpha value is -4.16. The van der Waals surface area contributed by atoms with Crippen LogP contribution in [0.3, 0.4) is 0 Å². The number of rotatable bonds is 7. The number of nitrogens with zero attached hydrogens (tertiary/aromatic N) is 7. The number of nitrogens with two attached hydrogens (primary N) is 2. The van der Waals surface area contributed by atoms with Crippen molar-refractivity contribution in [1.82, 2.24) is 19.8 Å². The number of thiophene rings is 1. The Kier molecular flexibility index (Phi) is 10.4. The highest BCUT2D eigenvalue weighted by atomic mass is 32.1. The van der Waals surface area contributed by atoms with Gasteiger partial charge in [0.05, 0.1) is 11.0 Å². The number of hydrogen-bond donors (Lipinski definition) is 2. The van der Waals surface area contributed by atoms with Crippen LogP contribution >= 0.6 is 11.3 Å². The third-order valence-corrected chi connectivity index (χ3v) is 10.3. The Bertz CT molecular complexity index is 1600. The highest BCUT2D eigenvalue weighted by Crippen LogP contribution is 2.46. The van der Waals surface area contributed by atoms with E-state index in [2.05, 4.69) is 28.2 Å². The molecule has 2 fully saturated rings. The van der Waals surface area contributed by atoms with Crippen LogP contribution in [0.1, 0.15) is 88.4 Å². The van der Waals surface area contributed by atoms with E-state index in [0.29, 0.717) is 61.0 Å². The van der Waals surface area contributed by atoms with Crippen LogP contribution in [0.4, 0.5) is 15.6 Å². The van der Waals surface area contributed by atoms with Gasteiger partial charge >= 0.3 is 18.1 Å². The standard InChI is InChI=1S/C33H47N9O5S/c1-20(23-10-8-13-40(23)6)45-30-37-22(18-25(38-30)41-14-9-15-42(17-16-41)31(44)46-32(2,3)4)27(35)39-47-29(43)33(5)12-7-11-24-26(33)21(19-34)28(36)48-24/h18,20,23H,7-17,36H2,1-6H3,(H2,35,39)/t20-,23-,33-/m0/s1. The number of anilines is 2. The van der Waals surface area contributed by atoms with Crippen LogP contribution in [0.25, 0.3) is 0 Å². The van der Waals surface area contributed by atoms with E-state index in [1.807, 2.05) is 32.6 Å². The molecule has 3 aliphatic rings. The summed E-state index contributed by atoms with van der Waals surface area (Å²) in [5.74, 6) is -0.203.